The summed E-state index contributed by atoms with van der Waals surface area (Å²) < 4.78 is 22.7. The molecular formula is C20H22ClFN4O2. The summed E-state index contributed by atoms with van der Waals surface area (Å²) in [6, 6.07) is 1.94. The Morgan fingerprint density at radius 1 is 1.29 bits per heavy atom. The summed E-state index contributed by atoms with van der Waals surface area (Å²) in [5.41, 5.74) is 1.24. The van der Waals surface area contributed by atoms with Crippen molar-refractivity contribution in [2.24, 2.45) is 0 Å². The van der Waals surface area contributed by atoms with Crippen molar-refractivity contribution in [3.63, 3.8) is 0 Å². The zero-order valence-electron chi connectivity index (χ0n) is 16.1. The molecule has 2 atom stereocenters. The summed E-state index contributed by atoms with van der Waals surface area (Å²) in [4.78, 5) is 19.3. The molecule has 6 nitrogen and oxygen atoms in total. The number of fused-ring (bicyclic) bond motifs is 3. The van der Waals surface area contributed by atoms with Crippen LogP contribution in [0.25, 0.3) is 22.0 Å². The number of nitrogens with one attached hydrogen (secondary N) is 1. The van der Waals surface area contributed by atoms with E-state index >= 15 is 4.39 Å². The topological polar surface area (TPSA) is 63.3 Å². The van der Waals surface area contributed by atoms with Gasteiger partial charge in [-0.05, 0) is 32.8 Å². The second kappa shape index (κ2) is 6.19. The van der Waals surface area contributed by atoms with E-state index in [1.54, 1.807) is 11.5 Å². The number of aryl methyl sites for hydroxylation is 1. The highest BCUT2D eigenvalue weighted by atomic mass is 35.5. The highest BCUT2D eigenvalue weighted by Crippen LogP contribution is 2.43. The van der Waals surface area contributed by atoms with Crippen LogP contribution in [0.1, 0.15) is 38.6 Å². The van der Waals surface area contributed by atoms with Gasteiger partial charge in [-0.2, -0.15) is 0 Å². The van der Waals surface area contributed by atoms with Gasteiger partial charge in [-0.25, -0.2) is 9.37 Å². The largest absolute Gasteiger partial charge is 0.440 e. The van der Waals surface area contributed by atoms with Crippen LogP contribution in [0.5, 0.6) is 0 Å². The Kier molecular flexibility index (Phi) is 3.97. The molecule has 2 aliphatic rings. The molecule has 3 heterocycles. The fourth-order valence-electron chi connectivity index (χ4n) is 4.46. The van der Waals surface area contributed by atoms with Crippen molar-refractivity contribution in [1.29, 1.82) is 0 Å². The van der Waals surface area contributed by atoms with Gasteiger partial charge in [0.25, 0.3) is 5.56 Å². The lowest BCUT2D eigenvalue weighted by Gasteiger charge is -2.38. The normalized spacial score (nSPS) is 23.1. The van der Waals surface area contributed by atoms with Crippen LogP contribution in [0.4, 0.5) is 10.1 Å². The number of aromatic nitrogens is 2. The van der Waals surface area contributed by atoms with Gasteiger partial charge < -0.3 is 19.2 Å². The number of anilines is 1. The summed E-state index contributed by atoms with van der Waals surface area (Å²) in [6.45, 7) is 7.10. The van der Waals surface area contributed by atoms with Gasteiger partial charge in [-0.3, -0.25) is 4.79 Å². The second-order valence-corrected chi connectivity index (χ2v) is 8.49. The maximum absolute atomic E-state index is 15.3. The monoisotopic (exact) mass is 404 g/mol. The van der Waals surface area contributed by atoms with Crippen LogP contribution < -0.4 is 15.8 Å². The Bertz CT molecular complexity index is 1160. The number of oxazole rings is 1. The molecule has 2 fully saturated rings. The van der Waals surface area contributed by atoms with Crippen LogP contribution in [0.15, 0.2) is 15.3 Å². The summed E-state index contributed by atoms with van der Waals surface area (Å²) in [6.07, 6.45) is 1.81. The highest BCUT2D eigenvalue weighted by molar-refractivity contribution is 6.38. The molecule has 1 aliphatic heterocycles. The number of hydrogen-bond acceptors (Lipinski definition) is 5. The number of hydrogen-bond donors (Lipinski definition) is 1. The van der Waals surface area contributed by atoms with Crippen molar-refractivity contribution in [1.82, 2.24) is 14.9 Å². The van der Waals surface area contributed by atoms with Gasteiger partial charge in [0.2, 0.25) is 0 Å². The van der Waals surface area contributed by atoms with Crippen molar-refractivity contribution < 1.29 is 8.81 Å². The van der Waals surface area contributed by atoms with Gasteiger partial charge in [-0.15, -0.1) is 0 Å². The summed E-state index contributed by atoms with van der Waals surface area (Å²) >= 11 is 6.81. The Hall–Kier alpha value is -2.12. The van der Waals surface area contributed by atoms with Gasteiger partial charge in [-0.1, -0.05) is 11.6 Å². The van der Waals surface area contributed by atoms with Gasteiger partial charge in [0, 0.05) is 43.5 Å². The van der Waals surface area contributed by atoms with E-state index in [1.165, 1.54) is 6.07 Å². The molecule has 0 spiro atoms. The van der Waals surface area contributed by atoms with Gasteiger partial charge in [0.1, 0.15) is 5.82 Å². The van der Waals surface area contributed by atoms with E-state index < -0.39 is 5.82 Å². The molecule has 1 saturated heterocycles. The van der Waals surface area contributed by atoms with Crippen LogP contribution >= 0.6 is 11.6 Å². The van der Waals surface area contributed by atoms with Crippen molar-refractivity contribution in [2.75, 3.05) is 18.0 Å². The maximum atomic E-state index is 15.3. The number of pyridine rings is 1. The lowest BCUT2D eigenvalue weighted by atomic mass is 10.1. The molecule has 1 saturated carbocycles. The lowest BCUT2D eigenvalue weighted by molar-refractivity contribution is 0.404. The molecule has 5 rings (SSSR count). The third-order valence-corrected chi connectivity index (χ3v) is 5.95. The first-order valence-electron chi connectivity index (χ1n) is 9.69. The second-order valence-electron chi connectivity index (χ2n) is 8.11. The molecule has 0 radical (unpaired) electrons. The minimum Gasteiger partial charge on any atom is -0.440 e. The van der Waals surface area contributed by atoms with E-state index in [0.717, 1.165) is 12.8 Å². The zero-order valence-corrected chi connectivity index (χ0v) is 16.8. The Balaban J connectivity index is 1.84. The fourth-order valence-corrected chi connectivity index (χ4v) is 4.86. The van der Waals surface area contributed by atoms with Crippen LogP contribution in [0.2, 0.25) is 5.02 Å². The smallest absolute Gasteiger partial charge is 0.281 e. The number of piperazine rings is 1. The van der Waals surface area contributed by atoms with Gasteiger partial charge in [0.05, 0.1) is 16.2 Å². The van der Waals surface area contributed by atoms with E-state index in [2.05, 4.69) is 24.1 Å². The first-order valence-corrected chi connectivity index (χ1v) is 10.1. The lowest BCUT2D eigenvalue weighted by Crippen LogP contribution is -2.54. The molecule has 148 valence electrons. The minimum absolute atomic E-state index is 0.0769. The minimum atomic E-state index is -0.407. The summed E-state index contributed by atoms with van der Waals surface area (Å²) in [5, 5.41) is 4.22. The zero-order chi connectivity index (χ0) is 19.7. The first kappa shape index (κ1) is 17.9. The Morgan fingerprint density at radius 3 is 2.61 bits per heavy atom. The van der Waals surface area contributed by atoms with Gasteiger partial charge >= 0.3 is 0 Å². The number of halogens is 2. The molecule has 0 bridgehead atoms. The molecule has 8 heteroatoms. The van der Waals surface area contributed by atoms with Crippen molar-refractivity contribution in [2.45, 2.75) is 51.7 Å². The van der Waals surface area contributed by atoms with Crippen LogP contribution in [-0.2, 0) is 0 Å². The number of rotatable bonds is 2. The van der Waals surface area contributed by atoms with E-state index in [1.807, 2.05) is 4.90 Å². The average Bonchev–Trinajstić information content (AvgIpc) is 3.36. The summed E-state index contributed by atoms with van der Waals surface area (Å²) in [5.74, 6) is -0.0255. The number of benzene rings is 1. The van der Waals surface area contributed by atoms with Crippen molar-refractivity contribution in [3.05, 3.63) is 33.2 Å². The molecule has 3 aromatic rings. The molecule has 1 N–H and O–H groups in total. The first-order chi connectivity index (χ1) is 13.3. The maximum Gasteiger partial charge on any atom is 0.281 e. The molecule has 1 aliphatic carbocycles. The number of nitrogens with zero attached hydrogens (tertiary/aromatic N) is 3. The van der Waals surface area contributed by atoms with Crippen LogP contribution in [-0.4, -0.2) is 34.7 Å². The molecule has 0 unspecified atom stereocenters. The van der Waals surface area contributed by atoms with Crippen LogP contribution in [0, 0.1) is 12.7 Å². The van der Waals surface area contributed by atoms with E-state index in [4.69, 9.17) is 16.0 Å². The van der Waals surface area contributed by atoms with Gasteiger partial charge in [0.15, 0.2) is 17.0 Å². The summed E-state index contributed by atoms with van der Waals surface area (Å²) in [7, 11) is 0. The van der Waals surface area contributed by atoms with Crippen molar-refractivity contribution in [3.8, 4) is 0 Å². The van der Waals surface area contributed by atoms with E-state index in [0.29, 0.717) is 41.2 Å². The molecule has 0 amide bonds. The standard InChI is InChI=1S/C20H22ClFN4O2/c1-9-7-25(8-10(2)23-9)18-14(22)6-13-17(15(18)21)26(12-4-5-12)20(27)16-19(13)28-11(3)24-16/h6,9-10,12,23H,4-5,7-8H2,1-3H3/t9-,10+. The Labute approximate surface area is 166 Å². The predicted octanol–water partition coefficient (Wildman–Crippen LogP) is 3.77. The third-order valence-electron chi connectivity index (χ3n) is 5.59. The third kappa shape index (κ3) is 2.63. The fraction of sp³-hybridized carbons (Fsp3) is 0.500. The molecule has 1 aromatic carbocycles. The molecular weight excluding hydrogens is 383 g/mol. The molecule has 28 heavy (non-hydrogen) atoms. The van der Waals surface area contributed by atoms with Crippen molar-refractivity contribution >= 4 is 39.3 Å². The molecule has 2 aromatic heterocycles. The Morgan fingerprint density at radius 2 is 1.96 bits per heavy atom. The van der Waals surface area contributed by atoms with Crippen LogP contribution in [0.3, 0.4) is 0 Å². The van der Waals surface area contributed by atoms with E-state index in [9.17, 15) is 4.79 Å². The quantitative estimate of drug-likeness (QED) is 0.704. The SMILES string of the molecule is Cc1nc2c(=O)n(C3CC3)c3c(Cl)c(N4C[C@@H](C)N[C@@H](C)C4)c(F)cc3c2o1. The average molecular weight is 405 g/mol. The van der Waals surface area contributed by atoms with E-state index in [-0.39, 0.29) is 34.2 Å². The predicted molar refractivity (Wildman–Crippen MR) is 108 cm³/mol. The highest BCUT2D eigenvalue weighted by Gasteiger charge is 2.33.